The molecule has 0 fully saturated rings. The van der Waals surface area contributed by atoms with Gasteiger partial charge < -0.3 is 10.3 Å². The summed E-state index contributed by atoms with van der Waals surface area (Å²) in [5, 5.41) is 3.98. The van der Waals surface area contributed by atoms with Crippen molar-refractivity contribution in [3.8, 4) is 0 Å². The number of rotatable bonds is 6. The first-order valence-electron chi connectivity index (χ1n) is 7.03. The standard InChI is InChI=1S/C16H22N2O/c1-12(2)7-5-6-10-17-16(19)14-11-18-15-9-4-3-8-13(14)15/h3-4,8-9,11-12,18H,5-7,10H2,1-2H3,(H,17,19). The monoisotopic (exact) mass is 258 g/mol. The summed E-state index contributed by atoms with van der Waals surface area (Å²) < 4.78 is 0. The van der Waals surface area contributed by atoms with Crippen molar-refractivity contribution in [1.29, 1.82) is 0 Å². The molecule has 0 saturated carbocycles. The topological polar surface area (TPSA) is 44.9 Å². The van der Waals surface area contributed by atoms with Crippen molar-refractivity contribution < 1.29 is 4.79 Å². The zero-order valence-electron chi connectivity index (χ0n) is 11.7. The molecule has 0 aliphatic rings. The van der Waals surface area contributed by atoms with Crippen molar-refractivity contribution in [1.82, 2.24) is 10.3 Å². The molecule has 0 unspecified atom stereocenters. The second-order valence-corrected chi connectivity index (χ2v) is 5.39. The van der Waals surface area contributed by atoms with Gasteiger partial charge in [0, 0.05) is 23.6 Å². The SMILES string of the molecule is CC(C)CCCCNC(=O)c1c[nH]c2ccccc12. The van der Waals surface area contributed by atoms with Crippen molar-refractivity contribution in [2.45, 2.75) is 33.1 Å². The van der Waals surface area contributed by atoms with Gasteiger partial charge in [-0.25, -0.2) is 0 Å². The molecule has 1 aromatic carbocycles. The summed E-state index contributed by atoms with van der Waals surface area (Å²) in [4.78, 5) is 15.2. The molecule has 2 aromatic rings. The Morgan fingerprint density at radius 1 is 1.26 bits per heavy atom. The Hall–Kier alpha value is -1.77. The molecule has 102 valence electrons. The summed E-state index contributed by atoms with van der Waals surface area (Å²) in [6, 6.07) is 7.87. The van der Waals surface area contributed by atoms with Crippen LogP contribution in [-0.4, -0.2) is 17.4 Å². The van der Waals surface area contributed by atoms with Gasteiger partial charge in [0.1, 0.15) is 0 Å². The van der Waals surface area contributed by atoms with E-state index >= 15 is 0 Å². The van der Waals surface area contributed by atoms with Crippen molar-refractivity contribution in [2.75, 3.05) is 6.54 Å². The smallest absolute Gasteiger partial charge is 0.253 e. The lowest BCUT2D eigenvalue weighted by atomic mass is 10.1. The molecule has 0 bridgehead atoms. The van der Waals surface area contributed by atoms with E-state index in [4.69, 9.17) is 0 Å². The van der Waals surface area contributed by atoms with Crippen molar-refractivity contribution in [3.63, 3.8) is 0 Å². The van der Waals surface area contributed by atoms with E-state index in [9.17, 15) is 4.79 Å². The first-order valence-corrected chi connectivity index (χ1v) is 7.03. The third kappa shape index (κ3) is 3.60. The van der Waals surface area contributed by atoms with Gasteiger partial charge in [-0.3, -0.25) is 4.79 Å². The first-order chi connectivity index (χ1) is 9.18. The number of aromatic nitrogens is 1. The normalized spacial score (nSPS) is 11.1. The van der Waals surface area contributed by atoms with Gasteiger partial charge in [-0.2, -0.15) is 0 Å². The Bertz CT molecular complexity index is 542. The van der Waals surface area contributed by atoms with Crippen LogP contribution in [0.15, 0.2) is 30.5 Å². The van der Waals surface area contributed by atoms with Crippen molar-refractivity contribution in [3.05, 3.63) is 36.0 Å². The molecule has 2 rings (SSSR count). The highest BCUT2D eigenvalue weighted by atomic mass is 16.1. The number of hydrogen-bond donors (Lipinski definition) is 2. The molecule has 0 atom stereocenters. The number of unbranched alkanes of at least 4 members (excludes halogenated alkanes) is 1. The van der Waals surface area contributed by atoms with E-state index in [0.29, 0.717) is 0 Å². The Labute approximate surface area is 114 Å². The van der Waals surface area contributed by atoms with Gasteiger partial charge in [0.2, 0.25) is 0 Å². The summed E-state index contributed by atoms with van der Waals surface area (Å²) in [5.41, 5.74) is 1.74. The predicted molar refractivity (Wildman–Crippen MR) is 79.3 cm³/mol. The zero-order chi connectivity index (χ0) is 13.7. The fraction of sp³-hybridized carbons (Fsp3) is 0.438. The number of benzene rings is 1. The van der Waals surface area contributed by atoms with Crippen LogP contribution in [0.5, 0.6) is 0 Å². The summed E-state index contributed by atoms with van der Waals surface area (Å²) in [7, 11) is 0. The Morgan fingerprint density at radius 2 is 2.05 bits per heavy atom. The number of hydrogen-bond acceptors (Lipinski definition) is 1. The van der Waals surface area contributed by atoms with Gasteiger partial charge in [0.05, 0.1) is 5.56 Å². The minimum absolute atomic E-state index is 0.0157. The van der Waals surface area contributed by atoms with Crippen LogP contribution < -0.4 is 5.32 Å². The Balaban J connectivity index is 1.86. The molecular weight excluding hydrogens is 236 g/mol. The second-order valence-electron chi connectivity index (χ2n) is 5.39. The van der Waals surface area contributed by atoms with Crippen LogP contribution in [0.4, 0.5) is 0 Å². The van der Waals surface area contributed by atoms with Crippen LogP contribution in [0.25, 0.3) is 10.9 Å². The summed E-state index contributed by atoms with van der Waals surface area (Å²) in [5.74, 6) is 0.756. The van der Waals surface area contributed by atoms with Crippen molar-refractivity contribution >= 4 is 16.8 Å². The third-order valence-corrected chi connectivity index (χ3v) is 3.33. The van der Waals surface area contributed by atoms with E-state index in [1.54, 1.807) is 6.20 Å². The largest absolute Gasteiger partial charge is 0.360 e. The van der Waals surface area contributed by atoms with Gasteiger partial charge in [-0.15, -0.1) is 0 Å². The maximum Gasteiger partial charge on any atom is 0.253 e. The molecule has 1 heterocycles. The zero-order valence-corrected chi connectivity index (χ0v) is 11.7. The van der Waals surface area contributed by atoms with E-state index in [1.807, 2.05) is 24.3 Å². The van der Waals surface area contributed by atoms with Crippen LogP contribution in [0.3, 0.4) is 0 Å². The van der Waals surface area contributed by atoms with Crippen LogP contribution in [0.1, 0.15) is 43.5 Å². The summed E-state index contributed by atoms with van der Waals surface area (Å²) in [6.45, 7) is 5.21. The highest BCUT2D eigenvalue weighted by molar-refractivity contribution is 6.06. The second kappa shape index (κ2) is 6.41. The molecule has 3 nitrogen and oxygen atoms in total. The van der Waals surface area contributed by atoms with E-state index in [0.717, 1.165) is 35.3 Å². The molecule has 1 amide bonds. The van der Waals surface area contributed by atoms with E-state index < -0.39 is 0 Å². The number of amides is 1. The van der Waals surface area contributed by atoms with Crippen LogP contribution >= 0.6 is 0 Å². The molecular formula is C16H22N2O. The minimum atomic E-state index is 0.0157. The summed E-state index contributed by atoms with van der Waals surface area (Å²) in [6.07, 6.45) is 5.23. The molecule has 1 aromatic heterocycles. The van der Waals surface area contributed by atoms with Gasteiger partial charge in [-0.05, 0) is 18.4 Å². The van der Waals surface area contributed by atoms with Crippen molar-refractivity contribution in [2.24, 2.45) is 5.92 Å². The number of H-pyrrole nitrogens is 1. The average molecular weight is 258 g/mol. The molecule has 0 aliphatic heterocycles. The highest BCUT2D eigenvalue weighted by Crippen LogP contribution is 2.17. The molecule has 0 radical (unpaired) electrons. The predicted octanol–water partition coefficient (Wildman–Crippen LogP) is 3.72. The Kier molecular flexibility index (Phi) is 4.61. The third-order valence-electron chi connectivity index (χ3n) is 3.33. The van der Waals surface area contributed by atoms with Gasteiger partial charge in [0.25, 0.3) is 5.91 Å². The Morgan fingerprint density at radius 3 is 2.84 bits per heavy atom. The number of nitrogens with one attached hydrogen (secondary N) is 2. The fourth-order valence-electron chi connectivity index (χ4n) is 2.23. The van der Waals surface area contributed by atoms with Crippen LogP contribution in [0, 0.1) is 5.92 Å². The van der Waals surface area contributed by atoms with Crippen LogP contribution in [0.2, 0.25) is 0 Å². The van der Waals surface area contributed by atoms with E-state index in [-0.39, 0.29) is 5.91 Å². The maximum absolute atomic E-state index is 12.1. The van der Waals surface area contributed by atoms with E-state index in [2.05, 4.69) is 24.1 Å². The maximum atomic E-state index is 12.1. The average Bonchev–Trinajstić information content (AvgIpc) is 2.81. The molecule has 19 heavy (non-hydrogen) atoms. The molecule has 0 aliphatic carbocycles. The number of carbonyl (C=O) groups excluding carboxylic acids is 1. The summed E-state index contributed by atoms with van der Waals surface area (Å²) >= 11 is 0. The first kappa shape index (κ1) is 13.7. The minimum Gasteiger partial charge on any atom is -0.360 e. The molecule has 3 heteroatoms. The lowest BCUT2D eigenvalue weighted by Crippen LogP contribution is -2.24. The number of fused-ring (bicyclic) bond motifs is 1. The van der Waals surface area contributed by atoms with Gasteiger partial charge >= 0.3 is 0 Å². The van der Waals surface area contributed by atoms with Gasteiger partial charge in [0.15, 0.2) is 0 Å². The molecule has 0 saturated heterocycles. The molecule has 0 spiro atoms. The van der Waals surface area contributed by atoms with E-state index in [1.165, 1.54) is 12.8 Å². The number of aromatic amines is 1. The van der Waals surface area contributed by atoms with Crippen LogP contribution in [-0.2, 0) is 0 Å². The molecule has 2 N–H and O–H groups in total. The quantitative estimate of drug-likeness (QED) is 0.762. The lowest BCUT2D eigenvalue weighted by molar-refractivity contribution is 0.0954. The lowest BCUT2D eigenvalue weighted by Gasteiger charge is -2.06. The van der Waals surface area contributed by atoms with Gasteiger partial charge in [-0.1, -0.05) is 44.9 Å². The number of carbonyl (C=O) groups is 1. The number of para-hydroxylation sites is 1. The fourth-order valence-corrected chi connectivity index (χ4v) is 2.23. The highest BCUT2D eigenvalue weighted by Gasteiger charge is 2.10.